The Labute approximate surface area is 147 Å². The van der Waals surface area contributed by atoms with Gasteiger partial charge in [-0.2, -0.15) is 0 Å². The largest absolute Gasteiger partial charge is 0.458 e. The van der Waals surface area contributed by atoms with Crippen molar-refractivity contribution in [2.75, 3.05) is 0 Å². The van der Waals surface area contributed by atoms with E-state index >= 15 is 0 Å². The smallest absolute Gasteiger partial charge is 0.334 e. The van der Waals surface area contributed by atoms with Crippen molar-refractivity contribution in [1.82, 2.24) is 0 Å². The Morgan fingerprint density at radius 3 is 2.80 bits per heavy atom. The average molecular weight is 348 g/mol. The minimum atomic E-state index is -0.672. The van der Waals surface area contributed by atoms with Gasteiger partial charge in [0.05, 0.1) is 23.7 Å². The van der Waals surface area contributed by atoms with Crippen LogP contribution in [0.15, 0.2) is 36.0 Å². The van der Waals surface area contributed by atoms with E-state index in [0.29, 0.717) is 18.4 Å². The molecule has 3 rings (SSSR count). The molecule has 0 spiro atoms. The number of carbonyl (C=O) groups is 2. The third kappa shape index (κ3) is 3.28. The van der Waals surface area contributed by atoms with Crippen molar-refractivity contribution in [2.24, 2.45) is 5.92 Å². The number of aliphatic hydroxyl groups excluding tert-OH is 1. The van der Waals surface area contributed by atoms with Crippen molar-refractivity contribution in [3.8, 4) is 0 Å². The molecule has 1 N–H and O–H groups in total. The molecule has 6 nitrogen and oxygen atoms in total. The molecule has 0 aromatic heterocycles. The van der Waals surface area contributed by atoms with Gasteiger partial charge in [0.2, 0.25) is 0 Å². The molecule has 2 saturated heterocycles. The van der Waals surface area contributed by atoms with E-state index in [2.05, 4.69) is 13.2 Å². The fraction of sp³-hybridized carbons (Fsp3) is 0.579. The van der Waals surface area contributed by atoms with Gasteiger partial charge in [0, 0.05) is 24.0 Å². The zero-order chi connectivity index (χ0) is 18.5. The normalized spacial score (nSPS) is 42.4. The van der Waals surface area contributed by atoms with E-state index in [1.165, 1.54) is 0 Å². The maximum atomic E-state index is 12.1. The Hall–Kier alpha value is -1.92. The maximum Gasteiger partial charge on any atom is 0.334 e. The summed E-state index contributed by atoms with van der Waals surface area (Å²) in [6.45, 7) is 12.7. The van der Waals surface area contributed by atoms with Crippen LogP contribution in [0.3, 0.4) is 0 Å². The van der Waals surface area contributed by atoms with Gasteiger partial charge in [-0.25, -0.2) is 9.59 Å². The molecular formula is C19H24O6. The molecule has 0 amide bonds. The van der Waals surface area contributed by atoms with Crippen LogP contribution in [0.25, 0.3) is 0 Å². The summed E-state index contributed by atoms with van der Waals surface area (Å²) in [5.41, 5.74) is 0.728. The highest BCUT2D eigenvalue weighted by Crippen LogP contribution is 2.47. The Balaban J connectivity index is 1.98. The molecule has 2 aliphatic heterocycles. The number of fused-ring (bicyclic) bond motifs is 2. The fourth-order valence-corrected chi connectivity index (χ4v) is 3.59. The predicted octanol–water partition coefficient (Wildman–Crippen LogP) is 1.83. The van der Waals surface area contributed by atoms with Crippen molar-refractivity contribution in [2.45, 2.75) is 63.6 Å². The lowest BCUT2D eigenvalue weighted by atomic mass is 9.82. The molecule has 0 aromatic rings. The lowest BCUT2D eigenvalue weighted by Gasteiger charge is -2.29. The summed E-state index contributed by atoms with van der Waals surface area (Å²) >= 11 is 0. The molecule has 136 valence electrons. The molecule has 2 unspecified atom stereocenters. The number of hydrogen-bond acceptors (Lipinski definition) is 6. The predicted molar refractivity (Wildman–Crippen MR) is 89.5 cm³/mol. The Morgan fingerprint density at radius 1 is 1.48 bits per heavy atom. The molecule has 2 heterocycles. The number of epoxide rings is 1. The van der Waals surface area contributed by atoms with Gasteiger partial charge < -0.3 is 19.3 Å². The monoisotopic (exact) mass is 348 g/mol. The maximum absolute atomic E-state index is 12.1. The highest BCUT2D eigenvalue weighted by Gasteiger charge is 2.57. The number of carbonyl (C=O) groups excluding carboxylic acids is 2. The van der Waals surface area contributed by atoms with E-state index in [1.54, 1.807) is 19.9 Å². The second-order valence-electron chi connectivity index (χ2n) is 7.43. The summed E-state index contributed by atoms with van der Waals surface area (Å²) in [4.78, 5) is 24.2. The average Bonchev–Trinajstić information content (AvgIpc) is 3.04. The van der Waals surface area contributed by atoms with E-state index in [4.69, 9.17) is 14.2 Å². The summed E-state index contributed by atoms with van der Waals surface area (Å²) in [7, 11) is 0. The third-order valence-corrected chi connectivity index (χ3v) is 5.30. The molecule has 6 atom stereocenters. The number of esters is 2. The molecule has 2 fully saturated rings. The molecular weight excluding hydrogens is 324 g/mol. The molecule has 0 aromatic carbocycles. The van der Waals surface area contributed by atoms with E-state index in [1.807, 2.05) is 6.92 Å². The zero-order valence-electron chi connectivity index (χ0n) is 14.8. The Kier molecular flexibility index (Phi) is 4.37. The first-order valence-electron chi connectivity index (χ1n) is 8.43. The van der Waals surface area contributed by atoms with Crippen molar-refractivity contribution in [1.29, 1.82) is 0 Å². The van der Waals surface area contributed by atoms with Crippen molar-refractivity contribution < 1.29 is 28.9 Å². The minimum Gasteiger partial charge on any atom is -0.458 e. The number of aliphatic hydroxyl groups is 1. The molecule has 1 aliphatic carbocycles. The molecule has 25 heavy (non-hydrogen) atoms. The van der Waals surface area contributed by atoms with Gasteiger partial charge >= 0.3 is 11.9 Å². The van der Waals surface area contributed by atoms with Gasteiger partial charge in [-0.1, -0.05) is 13.2 Å². The van der Waals surface area contributed by atoms with Crippen LogP contribution in [0.2, 0.25) is 0 Å². The van der Waals surface area contributed by atoms with Crippen LogP contribution >= 0.6 is 0 Å². The zero-order valence-corrected chi connectivity index (χ0v) is 14.8. The molecule has 0 radical (unpaired) electrons. The topological polar surface area (TPSA) is 85.4 Å². The third-order valence-electron chi connectivity index (χ3n) is 5.30. The fourth-order valence-electron chi connectivity index (χ4n) is 3.59. The van der Waals surface area contributed by atoms with E-state index in [9.17, 15) is 14.7 Å². The van der Waals surface area contributed by atoms with Crippen LogP contribution in [0, 0.1) is 5.92 Å². The van der Waals surface area contributed by atoms with Gasteiger partial charge in [-0.05, 0) is 32.4 Å². The van der Waals surface area contributed by atoms with Gasteiger partial charge in [-0.3, -0.25) is 0 Å². The summed E-state index contributed by atoms with van der Waals surface area (Å²) in [5, 5.41) is 10.3. The first kappa shape index (κ1) is 17.9. The first-order chi connectivity index (χ1) is 11.6. The van der Waals surface area contributed by atoms with E-state index in [-0.39, 0.29) is 17.3 Å². The summed E-state index contributed by atoms with van der Waals surface area (Å²) in [6, 6.07) is 0. The number of rotatable bonds is 2. The summed E-state index contributed by atoms with van der Waals surface area (Å²) in [6.07, 6.45) is 0.519. The Bertz CT molecular complexity index is 677. The van der Waals surface area contributed by atoms with E-state index < -0.39 is 41.8 Å². The standard InChI is InChI=1S/C19H24O6/c1-9(2)17(21)24-14-8-19(5)15(25-19)7-12(20)10(3)6-13-16(14)11(4)18(22)23-13/h6,12-16,20H,1,4,7-8H2,2-3,5H3/b10-6-/t12?,13-,14?,15-,16+,19-/m1/s1. The number of ether oxygens (including phenoxy) is 3. The molecule has 0 saturated carbocycles. The first-order valence-corrected chi connectivity index (χ1v) is 8.43. The summed E-state index contributed by atoms with van der Waals surface area (Å²) < 4.78 is 16.8. The molecule has 3 aliphatic rings. The lowest BCUT2D eigenvalue weighted by molar-refractivity contribution is -0.148. The molecule has 0 bridgehead atoms. The van der Waals surface area contributed by atoms with Gasteiger partial charge in [-0.15, -0.1) is 0 Å². The van der Waals surface area contributed by atoms with Crippen LogP contribution in [0.5, 0.6) is 0 Å². The van der Waals surface area contributed by atoms with Gasteiger partial charge in [0.1, 0.15) is 12.2 Å². The van der Waals surface area contributed by atoms with Crippen molar-refractivity contribution in [3.63, 3.8) is 0 Å². The SMILES string of the molecule is C=C(C)C(=O)OC1C[C@@]2(C)O[C@@H]2CC(O)/C(C)=C\[C@H]2OC(=O)C(=C)[C@H]12. The number of hydrogen-bond donors (Lipinski definition) is 1. The minimum absolute atomic E-state index is 0.125. The second kappa shape index (κ2) is 6.11. The van der Waals surface area contributed by atoms with Gasteiger partial charge in [0.15, 0.2) is 0 Å². The Morgan fingerprint density at radius 2 is 2.16 bits per heavy atom. The highest BCUT2D eigenvalue weighted by molar-refractivity contribution is 5.91. The van der Waals surface area contributed by atoms with Crippen LogP contribution < -0.4 is 0 Å². The van der Waals surface area contributed by atoms with E-state index in [0.717, 1.165) is 0 Å². The van der Waals surface area contributed by atoms with Crippen LogP contribution in [-0.2, 0) is 23.8 Å². The van der Waals surface area contributed by atoms with Crippen LogP contribution in [0.1, 0.15) is 33.6 Å². The highest BCUT2D eigenvalue weighted by atomic mass is 16.6. The molecule has 6 heteroatoms. The second-order valence-corrected chi connectivity index (χ2v) is 7.43. The lowest BCUT2D eigenvalue weighted by Crippen LogP contribution is -2.37. The van der Waals surface area contributed by atoms with Gasteiger partial charge in [0.25, 0.3) is 0 Å². The summed E-state index contributed by atoms with van der Waals surface area (Å²) in [5.74, 6) is -1.55. The quantitative estimate of drug-likeness (QED) is 0.355. The van der Waals surface area contributed by atoms with Crippen molar-refractivity contribution >= 4 is 11.9 Å². The van der Waals surface area contributed by atoms with Crippen LogP contribution in [-0.4, -0.2) is 47.1 Å². The van der Waals surface area contributed by atoms with Crippen LogP contribution in [0.4, 0.5) is 0 Å². The van der Waals surface area contributed by atoms with Crippen molar-refractivity contribution in [3.05, 3.63) is 36.0 Å².